The Labute approximate surface area is 197 Å². The van der Waals surface area contributed by atoms with Gasteiger partial charge in [-0.25, -0.2) is 0 Å². The van der Waals surface area contributed by atoms with E-state index in [1.165, 1.54) is 0 Å². The van der Waals surface area contributed by atoms with Crippen LogP contribution in [0.4, 0.5) is 5.69 Å². The summed E-state index contributed by atoms with van der Waals surface area (Å²) in [4.78, 5) is 33.0. The van der Waals surface area contributed by atoms with Crippen LogP contribution in [0.25, 0.3) is 0 Å². The van der Waals surface area contributed by atoms with Crippen LogP contribution in [0.3, 0.4) is 0 Å². The maximum Gasteiger partial charge on any atom is 0.253 e. The first-order chi connectivity index (χ1) is 16.1. The Bertz CT molecular complexity index is 986. The number of carbonyl (C=O) groups is 2. The third-order valence-electron chi connectivity index (χ3n) is 6.99. The van der Waals surface area contributed by atoms with E-state index in [2.05, 4.69) is 45.7 Å². The first kappa shape index (κ1) is 23.4. The van der Waals surface area contributed by atoms with Gasteiger partial charge in [0, 0.05) is 37.3 Å². The predicted molar refractivity (Wildman–Crippen MR) is 133 cm³/mol. The van der Waals surface area contributed by atoms with Crippen molar-refractivity contribution in [2.24, 2.45) is 0 Å². The van der Waals surface area contributed by atoms with Crippen molar-refractivity contribution < 1.29 is 9.59 Å². The topological polar surface area (TPSA) is 74.3 Å². The van der Waals surface area contributed by atoms with Gasteiger partial charge in [0.05, 0.1) is 17.4 Å². The van der Waals surface area contributed by atoms with E-state index in [1.54, 1.807) is 6.20 Å². The molecule has 1 aromatic heterocycles. The molecule has 0 aromatic carbocycles. The van der Waals surface area contributed by atoms with Gasteiger partial charge in [-0.3, -0.25) is 14.6 Å². The minimum Gasteiger partial charge on any atom is -0.367 e. The molecule has 6 nitrogen and oxygen atoms in total. The van der Waals surface area contributed by atoms with Gasteiger partial charge in [-0.05, 0) is 76.6 Å². The number of rotatable bonds is 3. The number of piperidine rings is 1. The van der Waals surface area contributed by atoms with Crippen LogP contribution in [0.2, 0.25) is 0 Å². The molecule has 0 radical (unpaired) electrons. The number of hydrogen-bond donors (Lipinski definition) is 2. The van der Waals surface area contributed by atoms with Crippen molar-refractivity contribution in [1.82, 2.24) is 15.6 Å². The normalized spacial score (nSPS) is 21.6. The minimum absolute atomic E-state index is 0.130. The summed E-state index contributed by atoms with van der Waals surface area (Å²) in [7, 11) is 0. The Hall–Kier alpha value is -2.73. The highest BCUT2D eigenvalue weighted by Gasteiger charge is 2.26. The molecule has 1 saturated heterocycles. The van der Waals surface area contributed by atoms with Crippen molar-refractivity contribution in [1.29, 1.82) is 0 Å². The zero-order valence-electron chi connectivity index (χ0n) is 20.0. The summed E-state index contributed by atoms with van der Waals surface area (Å²) >= 11 is 0. The molecule has 0 bridgehead atoms. The highest BCUT2D eigenvalue weighted by molar-refractivity contribution is 6.02. The van der Waals surface area contributed by atoms with Crippen molar-refractivity contribution in [3.8, 4) is 0 Å². The van der Waals surface area contributed by atoms with Gasteiger partial charge < -0.3 is 15.5 Å². The summed E-state index contributed by atoms with van der Waals surface area (Å²) in [6, 6.07) is 0.448. The molecule has 33 heavy (non-hydrogen) atoms. The number of hydrogen-bond acceptors (Lipinski definition) is 5. The third-order valence-corrected chi connectivity index (χ3v) is 6.99. The molecule has 176 valence electrons. The number of fused-ring (bicyclic) bond motifs is 1. The summed E-state index contributed by atoms with van der Waals surface area (Å²) in [5.74, 6) is -0.0230. The molecule has 1 aliphatic carbocycles. The average Bonchev–Trinajstić information content (AvgIpc) is 2.83. The van der Waals surface area contributed by atoms with E-state index in [1.807, 2.05) is 13.1 Å². The molecule has 2 N–H and O–H groups in total. The molecule has 1 aromatic rings. The summed E-state index contributed by atoms with van der Waals surface area (Å²) in [6.07, 6.45) is 16.3. The number of pyridine rings is 1. The first-order valence-corrected chi connectivity index (χ1v) is 12.4. The van der Waals surface area contributed by atoms with Gasteiger partial charge in [-0.15, -0.1) is 0 Å². The molecular formula is C27H36N4O2. The maximum atomic E-state index is 13.3. The molecule has 1 fully saturated rings. The van der Waals surface area contributed by atoms with E-state index >= 15 is 0 Å². The van der Waals surface area contributed by atoms with E-state index < -0.39 is 0 Å². The van der Waals surface area contributed by atoms with Gasteiger partial charge in [0.2, 0.25) is 0 Å². The van der Waals surface area contributed by atoms with Gasteiger partial charge in [0.25, 0.3) is 5.91 Å². The second kappa shape index (κ2) is 10.9. The van der Waals surface area contributed by atoms with Gasteiger partial charge in [-0.2, -0.15) is 0 Å². The van der Waals surface area contributed by atoms with Gasteiger partial charge in [0.1, 0.15) is 0 Å². The van der Waals surface area contributed by atoms with Crippen LogP contribution in [0.1, 0.15) is 68.3 Å². The Morgan fingerprint density at radius 3 is 2.76 bits per heavy atom. The lowest BCUT2D eigenvalue weighted by atomic mass is 9.89. The van der Waals surface area contributed by atoms with Crippen LogP contribution < -0.4 is 15.5 Å². The molecule has 6 heteroatoms. The maximum absolute atomic E-state index is 13.3. The van der Waals surface area contributed by atoms with Crippen molar-refractivity contribution >= 4 is 17.4 Å². The van der Waals surface area contributed by atoms with E-state index in [-0.39, 0.29) is 18.2 Å². The van der Waals surface area contributed by atoms with E-state index in [0.29, 0.717) is 24.4 Å². The highest BCUT2D eigenvalue weighted by Crippen LogP contribution is 2.29. The number of aromatic nitrogens is 1. The first-order valence-electron chi connectivity index (χ1n) is 12.4. The standard InChI is InChI=1S/C27H36N4O2/c1-3-31(21-10-12-28-13-11-21)25-18-29-16-24-22(25)9-7-5-4-6-8-20-14-19(2)15-26(32)23(20)17-30-27(24)33/h5,7,14,16,18,21,28H,3-4,6,8-13,15,17H2,1-2H3,(H,30,33)/b7-5-. The number of allylic oxidation sites excluding steroid dienone is 5. The summed E-state index contributed by atoms with van der Waals surface area (Å²) < 4.78 is 0. The smallest absolute Gasteiger partial charge is 0.253 e. The van der Waals surface area contributed by atoms with Gasteiger partial charge >= 0.3 is 0 Å². The van der Waals surface area contributed by atoms with E-state index in [4.69, 9.17) is 0 Å². The SMILES string of the molecule is CCN(c1cncc2c1C/C=C\CCCC1=C(CNC2=O)C(=O)CC(C)=C1)C1CCNCC1. The summed E-state index contributed by atoms with van der Waals surface area (Å²) in [5, 5.41) is 6.49. The highest BCUT2D eigenvalue weighted by atomic mass is 16.2. The zero-order valence-corrected chi connectivity index (χ0v) is 20.0. The van der Waals surface area contributed by atoms with E-state index in [9.17, 15) is 9.59 Å². The fraction of sp³-hybridized carbons (Fsp3) is 0.519. The molecule has 4 rings (SSSR count). The largest absolute Gasteiger partial charge is 0.367 e. The molecule has 0 saturated carbocycles. The number of carbonyl (C=O) groups excluding carboxylic acids is 2. The molecular weight excluding hydrogens is 412 g/mol. The Morgan fingerprint density at radius 2 is 1.97 bits per heavy atom. The van der Waals surface area contributed by atoms with E-state index in [0.717, 1.165) is 79.7 Å². The number of Topliss-reactive ketones (excluding diaryl/α,β-unsaturated/α-hetero) is 1. The van der Waals surface area contributed by atoms with Crippen molar-refractivity contribution in [2.75, 3.05) is 31.1 Å². The lowest BCUT2D eigenvalue weighted by Gasteiger charge is -2.37. The van der Waals surface area contributed by atoms with Crippen LogP contribution in [0, 0.1) is 0 Å². The number of nitrogens with zero attached hydrogens (tertiary/aromatic N) is 2. The molecule has 1 amide bonds. The number of amides is 1. The van der Waals surface area contributed by atoms with Crippen molar-refractivity contribution in [2.45, 2.75) is 64.8 Å². The van der Waals surface area contributed by atoms with Gasteiger partial charge in [-0.1, -0.05) is 23.8 Å². The monoisotopic (exact) mass is 448 g/mol. The molecule has 3 aliphatic rings. The minimum atomic E-state index is -0.153. The van der Waals surface area contributed by atoms with Crippen LogP contribution in [0.15, 0.2) is 47.3 Å². The van der Waals surface area contributed by atoms with Crippen molar-refractivity contribution in [3.05, 3.63) is 58.5 Å². The second-order valence-electron chi connectivity index (χ2n) is 9.30. The lowest BCUT2D eigenvalue weighted by molar-refractivity contribution is -0.115. The number of ketones is 1. The van der Waals surface area contributed by atoms with Crippen LogP contribution >= 0.6 is 0 Å². The summed E-state index contributed by atoms with van der Waals surface area (Å²) in [6.45, 7) is 7.37. The molecule has 3 heterocycles. The fourth-order valence-electron chi connectivity index (χ4n) is 5.28. The number of nitrogens with one attached hydrogen (secondary N) is 2. The van der Waals surface area contributed by atoms with Crippen molar-refractivity contribution in [3.63, 3.8) is 0 Å². The zero-order chi connectivity index (χ0) is 23.2. The average molecular weight is 449 g/mol. The molecule has 0 unspecified atom stereocenters. The molecule has 2 aliphatic heterocycles. The number of anilines is 1. The predicted octanol–water partition coefficient (Wildman–Crippen LogP) is 3.89. The van der Waals surface area contributed by atoms with Gasteiger partial charge in [0.15, 0.2) is 5.78 Å². The Kier molecular flexibility index (Phi) is 7.76. The second-order valence-corrected chi connectivity index (χ2v) is 9.30. The van der Waals surface area contributed by atoms with Crippen LogP contribution in [-0.2, 0) is 11.2 Å². The molecule has 0 spiro atoms. The summed E-state index contributed by atoms with van der Waals surface area (Å²) in [5.41, 5.74) is 5.63. The Balaban J connectivity index is 1.68. The van der Waals surface area contributed by atoms with Crippen LogP contribution in [0.5, 0.6) is 0 Å². The third kappa shape index (κ3) is 5.44. The Morgan fingerprint density at radius 1 is 1.15 bits per heavy atom. The fourth-order valence-corrected chi connectivity index (χ4v) is 5.28. The van der Waals surface area contributed by atoms with Crippen LogP contribution in [-0.4, -0.2) is 48.9 Å². The lowest BCUT2D eigenvalue weighted by Crippen LogP contribution is -2.43. The quantitative estimate of drug-likeness (QED) is 0.687. The molecule has 0 atom stereocenters.